The Bertz CT molecular complexity index is 439. The molecule has 0 atom stereocenters. The molecule has 1 fully saturated rings. The molecule has 1 heterocycles. The van der Waals surface area contributed by atoms with Gasteiger partial charge in [0.15, 0.2) is 0 Å². The molecule has 1 aromatic rings. The molecule has 0 bridgehead atoms. The van der Waals surface area contributed by atoms with E-state index >= 15 is 0 Å². The average molecular weight is 261 g/mol. The van der Waals surface area contributed by atoms with Gasteiger partial charge in [0, 0.05) is 18.8 Å². The highest BCUT2D eigenvalue weighted by Crippen LogP contribution is 2.16. The Balaban J connectivity index is 1.82. The lowest BCUT2D eigenvalue weighted by molar-refractivity contribution is 0.0947. The molecule has 1 aliphatic heterocycles. The number of aryl methyl sites for hydroxylation is 1. The summed E-state index contributed by atoms with van der Waals surface area (Å²) in [5.74, 6) is -0.0711. The number of anilines is 1. The summed E-state index contributed by atoms with van der Waals surface area (Å²) in [6, 6.07) is 5.56. The first-order chi connectivity index (χ1) is 9.18. The Morgan fingerprint density at radius 1 is 1.32 bits per heavy atom. The van der Waals surface area contributed by atoms with Crippen molar-refractivity contribution in [2.75, 3.05) is 31.9 Å². The molecule has 19 heavy (non-hydrogen) atoms. The number of nitrogens with one attached hydrogen (secondary N) is 1. The van der Waals surface area contributed by atoms with Crippen LogP contribution in [0.15, 0.2) is 18.2 Å². The van der Waals surface area contributed by atoms with Crippen LogP contribution >= 0.6 is 0 Å². The van der Waals surface area contributed by atoms with Gasteiger partial charge in [-0.25, -0.2) is 0 Å². The zero-order valence-corrected chi connectivity index (χ0v) is 11.6. The van der Waals surface area contributed by atoms with Crippen molar-refractivity contribution in [3.05, 3.63) is 29.3 Å². The second kappa shape index (κ2) is 6.57. The van der Waals surface area contributed by atoms with Crippen LogP contribution in [0.4, 0.5) is 5.69 Å². The molecule has 1 aromatic carbocycles. The van der Waals surface area contributed by atoms with E-state index in [2.05, 4.69) is 10.2 Å². The molecule has 2 rings (SSSR count). The summed E-state index contributed by atoms with van der Waals surface area (Å²) >= 11 is 0. The Hall–Kier alpha value is -1.55. The van der Waals surface area contributed by atoms with Crippen molar-refractivity contribution < 1.29 is 4.79 Å². The minimum atomic E-state index is -0.0711. The van der Waals surface area contributed by atoms with Crippen LogP contribution in [0.5, 0.6) is 0 Å². The van der Waals surface area contributed by atoms with E-state index in [1.807, 2.05) is 19.1 Å². The number of nitrogens with zero attached hydrogens (tertiary/aromatic N) is 1. The minimum Gasteiger partial charge on any atom is -0.398 e. The van der Waals surface area contributed by atoms with Crippen LogP contribution in [0.2, 0.25) is 0 Å². The fourth-order valence-corrected chi connectivity index (χ4v) is 2.48. The maximum atomic E-state index is 12.0. The topological polar surface area (TPSA) is 58.4 Å². The summed E-state index contributed by atoms with van der Waals surface area (Å²) in [6.45, 7) is 5.84. The van der Waals surface area contributed by atoms with Gasteiger partial charge in [0.1, 0.15) is 0 Å². The highest BCUT2D eigenvalue weighted by molar-refractivity contribution is 5.99. The van der Waals surface area contributed by atoms with Gasteiger partial charge in [-0.05, 0) is 44.5 Å². The van der Waals surface area contributed by atoms with Crippen LogP contribution in [-0.4, -0.2) is 37.0 Å². The summed E-state index contributed by atoms with van der Waals surface area (Å²) in [6.07, 6.45) is 3.89. The van der Waals surface area contributed by atoms with Gasteiger partial charge < -0.3 is 16.0 Å². The monoisotopic (exact) mass is 261 g/mol. The first kappa shape index (κ1) is 13.9. The fraction of sp³-hybridized carbons (Fsp3) is 0.533. The molecule has 0 saturated carbocycles. The number of carbonyl (C=O) groups is 1. The van der Waals surface area contributed by atoms with E-state index in [-0.39, 0.29) is 5.91 Å². The lowest BCUT2D eigenvalue weighted by Crippen LogP contribution is -2.37. The number of nitrogen functional groups attached to an aromatic ring is 1. The van der Waals surface area contributed by atoms with Gasteiger partial charge in [0.05, 0.1) is 5.56 Å². The molecular weight excluding hydrogens is 238 g/mol. The third-order valence-corrected chi connectivity index (χ3v) is 3.73. The van der Waals surface area contributed by atoms with Crippen molar-refractivity contribution in [1.29, 1.82) is 0 Å². The average Bonchev–Trinajstić information content (AvgIpc) is 2.43. The fourth-order valence-electron chi connectivity index (χ4n) is 2.48. The SMILES string of the molecule is Cc1cccc(C(=O)NCCN2CCCCC2)c1N. The van der Waals surface area contributed by atoms with E-state index in [1.165, 1.54) is 19.3 Å². The van der Waals surface area contributed by atoms with Crippen LogP contribution in [-0.2, 0) is 0 Å². The first-order valence-electron chi connectivity index (χ1n) is 7.04. The molecule has 4 heteroatoms. The summed E-state index contributed by atoms with van der Waals surface area (Å²) in [4.78, 5) is 14.5. The number of piperidine rings is 1. The summed E-state index contributed by atoms with van der Waals surface area (Å²) in [5.41, 5.74) is 8.04. The number of para-hydroxylation sites is 1. The summed E-state index contributed by atoms with van der Waals surface area (Å²) < 4.78 is 0. The molecular formula is C15H23N3O. The van der Waals surface area contributed by atoms with Gasteiger partial charge >= 0.3 is 0 Å². The molecule has 0 unspecified atom stereocenters. The molecule has 4 nitrogen and oxygen atoms in total. The predicted octanol–water partition coefficient (Wildman–Crippen LogP) is 1.79. The van der Waals surface area contributed by atoms with Crippen molar-refractivity contribution in [2.24, 2.45) is 0 Å². The minimum absolute atomic E-state index is 0.0711. The quantitative estimate of drug-likeness (QED) is 0.812. The number of benzene rings is 1. The number of likely N-dealkylation sites (tertiary alicyclic amines) is 1. The third-order valence-electron chi connectivity index (χ3n) is 3.73. The lowest BCUT2D eigenvalue weighted by Gasteiger charge is -2.26. The second-order valence-corrected chi connectivity index (χ2v) is 5.19. The highest BCUT2D eigenvalue weighted by atomic mass is 16.1. The van der Waals surface area contributed by atoms with Gasteiger partial charge in [-0.1, -0.05) is 18.6 Å². The molecule has 0 aromatic heterocycles. The van der Waals surface area contributed by atoms with E-state index in [9.17, 15) is 4.79 Å². The highest BCUT2D eigenvalue weighted by Gasteiger charge is 2.12. The van der Waals surface area contributed by atoms with E-state index in [4.69, 9.17) is 5.73 Å². The zero-order chi connectivity index (χ0) is 13.7. The van der Waals surface area contributed by atoms with Gasteiger partial charge in [-0.2, -0.15) is 0 Å². The molecule has 1 aliphatic rings. The first-order valence-corrected chi connectivity index (χ1v) is 7.04. The van der Waals surface area contributed by atoms with E-state index in [0.717, 1.165) is 25.2 Å². The number of hydrogen-bond donors (Lipinski definition) is 2. The molecule has 0 spiro atoms. The van der Waals surface area contributed by atoms with Crippen molar-refractivity contribution in [1.82, 2.24) is 10.2 Å². The van der Waals surface area contributed by atoms with Gasteiger partial charge in [0.2, 0.25) is 0 Å². The summed E-state index contributed by atoms with van der Waals surface area (Å²) in [7, 11) is 0. The van der Waals surface area contributed by atoms with E-state index in [1.54, 1.807) is 6.07 Å². The van der Waals surface area contributed by atoms with Crippen molar-refractivity contribution in [3.8, 4) is 0 Å². The Labute approximate surface area is 115 Å². The van der Waals surface area contributed by atoms with Crippen LogP contribution in [0.1, 0.15) is 35.2 Å². The number of nitrogens with two attached hydrogens (primary N) is 1. The van der Waals surface area contributed by atoms with Gasteiger partial charge in [-0.3, -0.25) is 4.79 Å². The van der Waals surface area contributed by atoms with Crippen LogP contribution < -0.4 is 11.1 Å². The standard InChI is InChI=1S/C15H23N3O/c1-12-6-5-7-13(14(12)16)15(19)17-8-11-18-9-3-2-4-10-18/h5-7H,2-4,8-11,16H2,1H3,(H,17,19). The molecule has 3 N–H and O–H groups in total. The summed E-state index contributed by atoms with van der Waals surface area (Å²) in [5, 5.41) is 2.95. The Morgan fingerprint density at radius 3 is 2.79 bits per heavy atom. The normalized spacial score (nSPS) is 16.3. The predicted molar refractivity (Wildman–Crippen MR) is 78.2 cm³/mol. The Morgan fingerprint density at radius 2 is 2.05 bits per heavy atom. The van der Waals surface area contributed by atoms with E-state index < -0.39 is 0 Å². The van der Waals surface area contributed by atoms with Crippen LogP contribution in [0.25, 0.3) is 0 Å². The number of hydrogen-bond acceptors (Lipinski definition) is 3. The van der Waals surface area contributed by atoms with Gasteiger partial charge in [-0.15, -0.1) is 0 Å². The number of amides is 1. The van der Waals surface area contributed by atoms with Crippen LogP contribution in [0, 0.1) is 6.92 Å². The molecule has 1 saturated heterocycles. The van der Waals surface area contributed by atoms with Gasteiger partial charge in [0.25, 0.3) is 5.91 Å². The third kappa shape index (κ3) is 3.70. The van der Waals surface area contributed by atoms with Crippen molar-refractivity contribution in [3.63, 3.8) is 0 Å². The molecule has 104 valence electrons. The zero-order valence-electron chi connectivity index (χ0n) is 11.6. The van der Waals surface area contributed by atoms with Crippen LogP contribution in [0.3, 0.4) is 0 Å². The second-order valence-electron chi connectivity index (χ2n) is 5.19. The maximum absolute atomic E-state index is 12.0. The number of carbonyl (C=O) groups excluding carboxylic acids is 1. The largest absolute Gasteiger partial charge is 0.398 e. The number of rotatable bonds is 4. The Kier molecular flexibility index (Phi) is 4.80. The molecule has 1 amide bonds. The molecule has 0 aliphatic carbocycles. The van der Waals surface area contributed by atoms with Crippen molar-refractivity contribution >= 4 is 11.6 Å². The maximum Gasteiger partial charge on any atom is 0.253 e. The smallest absolute Gasteiger partial charge is 0.253 e. The lowest BCUT2D eigenvalue weighted by atomic mass is 10.1. The van der Waals surface area contributed by atoms with E-state index in [0.29, 0.717) is 17.8 Å². The molecule has 0 radical (unpaired) electrons. The van der Waals surface area contributed by atoms with Crippen molar-refractivity contribution in [2.45, 2.75) is 26.2 Å².